The maximum Gasteiger partial charge on any atom is 0.303 e. The molecule has 0 bridgehead atoms. The van der Waals surface area contributed by atoms with Gasteiger partial charge in [0.25, 0.3) is 0 Å². The van der Waals surface area contributed by atoms with Crippen molar-refractivity contribution < 1.29 is 8.42 Å². The fraction of sp³-hybridized carbons (Fsp3) is 0.571. The molecule has 1 aromatic rings. The van der Waals surface area contributed by atoms with Gasteiger partial charge in [-0.2, -0.15) is 12.7 Å². The number of imidazole rings is 1. The van der Waals surface area contributed by atoms with Crippen LogP contribution in [0.25, 0.3) is 0 Å². The lowest BCUT2D eigenvalue weighted by atomic mass is 10.7. The van der Waals surface area contributed by atoms with Gasteiger partial charge < -0.3 is 4.98 Å². The Morgan fingerprint density at radius 1 is 1.50 bits per heavy atom. The number of aromatic amines is 1. The molecular weight excluding hydrogens is 204 g/mol. The molecule has 0 radical (unpaired) electrons. The summed E-state index contributed by atoms with van der Waals surface area (Å²) >= 11 is 0. The molecule has 0 aromatic carbocycles. The van der Waals surface area contributed by atoms with Crippen LogP contribution < -0.4 is 4.72 Å². The first kappa shape index (κ1) is 11.0. The topological polar surface area (TPSA) is 78.1 Å². The van der Waals surface area contributed by atoms with Crippen LogP contribution in [0, 0.1) is 0 Å². The standard InChI is InChI=1S/C7H14N4O2S/c1-3-11(4-2)14(12,13)10-7-8-5-6-9-7/h5-6H,3-4H2,1-2H3,(H2,8,9,10). The third-order valence-corrected chi connectivity index (χ3v) is 3.42. The Bertz CT molecular complexity index is 355. The Labute approximate surface area is 83.5 Å². The van der Waals surface area contributed by atoms with Crippen LogP contribution in [0.2, 0.25) is 0 Å². The number of nitrogens with one attached hydrogen (secondary N) is 2. The van der Waals surface area contributed by atoms with Crippen molar-refractivity contribution in [2.45, 2.75) is 13.8 Å². The molecule has 0 aliphatic rings. The van der Waals surface area contributed by atoms with Crippen LogP contribution in [-0.4, -0.2) is 35.8 Å². The van der Waals surface area contributed by atoms with Crippen molar-refractivity contribution in [3.63, 3.8) is 0 Å². The van der Waals surface area contributed by atoms with Gasteiger partial charge in [-0.05, 0) is 0 Å². The molecule has 1 heterocycles. The minimum absolute atomic E-state index is 0.233. The minimum atomic E-state index is -3.46. The maximum atomic E-state index is 11.6. The van der Waals surface area contributed by atoms with E-state index in [1.54, 1.807) is 20.0 Å². The van der Waals surface area contributed by atoms with E-state index >= 15 is 0 Å². The van der Waals surface area contributed by atoms with Gasteiger partial charge in [-0.15, -0.1) is 0 Å². The smallest absolute Gasteiger partial charge is 0.303 e. The summed E-state index contributed by atoms with van der Waals surface area (Å²) in [5, 5.41) is 0. The molecule has 14 heavy (non-hydrogen) atoms. The summed E-state index contributed by atoms with van der Waals surface area (Å²) < 4.78 is 26.9. The van der Waals surface area contributed by atoms with Crippen molar-refractivity contribution in [1.29, 1.82) is 0 Å². The highest BCUT2D eigenvalue weighted by Crippen LogP contribution is 2.04. The average molecular weight is 218 g/mol. The van der Waals surface area contributed by atoms with Crippen LogP contribution in [0.3, 0.4) is 0 Å². The summed E-state index contributed by atoms with van der Waals surface area (Å²) in [6, 6.07) is 0. The SMILES string of the molecule is CCN(CC)S(=O)(=O)Nc1ncc[nH]1. The van der Waals surface area contributed by atoms with E-state index in [9.17, 15) is 8.42 Å². The van der Waals surface area contributed by atoms with E-state index in [2.05, 4.69) is 14.7 Å². The van der Waals surface area contributed by atoms with Crippen LogP contribution in [0.1, 0.15) is 13.8 Å². The molecule has 0 saturated carbocycles. The predicted octanol–water partition coefficient (Wildman–Crippen LogP) is 0.408. The Morgan fingerprint density at radius 3 is 2.57 bits per heavy atom. The summed E-state index contributed by atoms with van der Waals surface area (Å²) in [4.78, 5) is 6.45. The van der Waals surface area contributed by atoms with Gasteiger partial charge in [0, 0.05) is 25.5 Å². The van der Waals surface area contributed by atoms with Crippen molar-refractivity contribution in [2.24, 2.45) is 0 Å². The van der Waals surface area contributed by atoms with Crippen LogP contribution in [-0.2, 0) is 10.2 Å². The number of anilines is 1. The highest BCUT2D eigenvalue weighted by atomic mass is 32.2. The molecule has 1 aromatic heterocycles. The summed E-state index contributed by atoms with van der Waals surface area (Å²) in [7, 11) is -3.46. The van der Waals surface area contributed by atoms with Gasteiger partial charge in [-0.1, -0.05) is 13.8 Å². The van der Waals surface area contributed by atoms with Crippen LogP contribution in [0.15, 0.2) is 12.4 Å². The van der Waals surface area contributed by atoms with Gasteiger partial charge in [0.05, 0.1) is 0 Å². The van der Waals surface area contributed by atoms with E-state index in [0.29, 0.717) is 13.1 Å². The average Bonchev–Trinajstić information content (AvgIpc) is 2.57. The molecule has 0 amide bonds. The zero-order chi connectivity index (χ0) is 10.6. The van der Waals surface area contributed by atoms with E-state index in [1.807, 2.05) is 0 Å². The normalized spacial score (nSPS) is 11.9. The Morgan fingerprint density at radius 2 is 2.14 bits per heavy atom. The predicted molar refractivity (Wildman–Crippen MR) is 54.1 cm³/mol. The van der Waals surface area contributed by atoms with E-state index < -0.39 is 10.2 Å². The lowest BCUT2D eigenvalue weighted by Gasteiger charge is -2.17. The maximum absolute atomic E-state index is 11.6. The summed E-state index contributed by atoms with van der Waals surface area (Å²) in [6.07, 6.45) is 3.04. The van der Waals surface area contributed by atoms with Gasteiger partial charge in [-0.3, -0.25) is 0 Å². The van der Waals surface area contributed by atoms with E-state index in [1.165, 1.54) is 10.5 Å². The molecule has 0 aliphatic heterocycles. The van der Waals surface area contributed by atoms with Crippen molar-refractivity contribution in [1.82, 2.24) is 14.3 Å². The van der Waals surface area contributed by atoms with Gasteiger partial charge in [-0.25, -0.2) is 9.71 Å². The first-order valence-corrected chi connectivity index (χ1v) is 5.81. The molecule has 1 rings (SSSR count). The summed E-state index contributed by atoms with van der Waals surface area (Å²) in [5.41, 5.74) is 0. The van der Waals surface area contributed by atoms with Gasteiger partial charge in [0.2, 0.25) is 5.95 Å². The highest BCUT2D eigenvalue weighted by Gasteiger charge is 2.18. The molecule has 80 valence electrons. The Kier molecular flexibility index (Phi) is 3.48. The fourth-order valence-corrected chi connectivity index (χ4v) is 2.24. The Balaban J connectivity index is 2.76. The second-order valence-electron chi connectivity index (χ2n) is 2.63. The Hall–Kier alpha value is -1.08. The number of hydrogen-bond acceptors (Lipinski definition) is 3. The summed E-state index contributed by atoms with van der Waals surface area (Å²) in [5.74, 6) is 0.233. The van der Waals surface area contributed by atoms with E-state index in [0.717, 1.165) is 0 Å². The van der Waals surface area contributed by atoms with Gasteiger partial charge in [0.1, 0.15) is 0 Å². The molecule has 0 unspecified atom stereocenters. The molecule has 0 fully saturated rings. The van der Waals surface area contributed by atoms with Crippen LogP contribution in [0.5, 0.6) is 0 Å². The lowest BCUT2D eigenvalue weighted by molar-refractivity contribution is 0.449. The lowest BCUT2D eigenvalue weighted by Crippen LogP contribution is -2.35. The molecule has 0 spiro atoms. The third-order valence-electron chi connectivity index (χ3n) is 1.77. The fourth-order valence-electron chi connectivity index (χ4n) is 1.07. The molecule has 0 saturated heterocycles. The third kappa shape index (κ3) is 2.46. The number of nitrogens with zero attached hydrogens (tertiary/aromatic N) is 2. The van der Waals surface area contributed by atoms with Crippen LogP contribution in [0.4, 0.5) is 5.95 Å². The van der Waals surface area contributed by atoms with Gasteiger partial charge in [0.15, 0.2) is 0 Å². The summed E-state index contributed by atoms with van der Waals surface area (Å²) in [6.45, 7) is 4.44. The van der Waals surface area contributed by atoms with Crippen LogP contribution >= 0.6 is 0 Å². The molecule has 0 atom stereocenters. The van der Waals surface area contributed by atoms with E-state index in [-0.39, 0.29) is 5.95 Å². The highest BCUT2D eigenvalue weighted by molar-refractivity contribution is 7.90. The van der Waals surface area contributed by atoms with Crippen molar-refractivity contribution in [2.75, 3.05) is 17.8 Å². The first-order valence-electron chi connectivity index (χ1n) is 4.37. The van der Waals surface area contributed by atoms with Gasteiger partial charge >= 0.3 is 10.2 Å². The molecule has 6 nitrogen and oxygen atoms in total. The molecule has 2 N–H and O–H groups in total. The molecule has 7 heteroatoms. The zero-order valence-corrected chi connectivity index (χ0v) is 9.00. The molecule has 0 aliphatic carbocycles. The quantitative estimate of drug-likeness (QED) is 0.751. The van der Waals surface area contributed by atoms with Crippen molar-refractivity contribution in [3.05, 3.63) is 12.4 Å². The second-order valence-corrected chi connectivity index (χ2v) is 4.30. The van der Waals surface area contributed by atoms with E-state index in [4.69, 9.17) is 0 Å². The minimum Gasteiger partial charge on any atom is -0.330 e. The number of H-pyrrole nitrogens is 1. The largest absolute Gasteiger partial charge is 0.330 e. The monoisotopic (exact) mass is 218 g/mol. The zero-order valence-electron chi connectivity index (χ0n) is 8.19. The number of aromatic nitrogens is 2. The number of hydrogen-bond donors (Lipinski definition) is 2. The first-order chi connectivity index (χ1) is 6.60. The molecular formula is C7H14N4O2S. The van der Waals surface area contributed by atoms with Crippen molar-refractivity contribution in [3.8, 4) is 0 Å². The second kappa shape index (κ2) is 4.43. The van der Waals surface area contributed by atoms with Crippen molar-refractivity contribution >= 4 is 16.2 Å². The number of rotatable bonds is 5.